The largest absolute Gasteiger partial charge is 0.489 e. The monoisotopic (exact) mass is 399 g/mol. The molecule has 0 aliphatic heterocycles. The third-order valence-corrected chi connectivity index (χ3v) is 3.94. The van der Waals surface area contributed by atoms with E-state index in [1.165, 1.54) is 6.08 Å². The van der Waals surface area contributed by atoms with Crippen LogP contribution in [-0.4, -0.2) is 20.0 Å². The summed E-state index contributed by atoms with van der Waals surface area (Å²) in [7, 11) is 0. The van der Waals surface area contributed by atoms with Crippen molar-refractivity contribution in [2.75, 3.05) is 0 Å². The van der Waals surface area contributed by atoms with Crippen molar-refractivity contribution in [2.24, 2.45) is 0 Å². The van der Waals surface area contributed by atoms with Crippen molar-refractivity contribution >= 4 is 29.4 Å². The molecule has 0 saturated heterocycles. The number of ether oxygens (including phenoxy) is 1. The van der Waals surface area contributed by atoms with E-state index in [9.17, 15) is 20.0 Å². The van der Waals surface area contributed by atoms with Gasteiger partial charge in [-0.15, -0.1) is 0 Å². The van der Waals surface area contributed by atoms with Crippen LogP contribution in [0.3, 0.4) is 0 Å². The number of H-pyrrole nitrogens is 1. The minimum atomic E-state index is -1.03. The lowest BCUT2D eigenvalue weighted by atomic mass is 10.2. The fraction of sp³-hybridized carbons (Fsp3) is 0.0526. The molecule has 0 atom stereocenters. The molecule has 2 aromatic carbocycles. The lowest BCUT2D eigenvalue weighted by Gasteiger charge is -2.07. The Morgan fingerprint density at radius 3 is 2.64 bits per heavy atom. The van der Waals surface area contributed by atoms with E-state index in [1.54, 1.807) is 42.5 Å². The van der Waals surface area contributed by atoms with Gasteiger partial charge in [0.1, 0.15) is 18.2 Å². The zero-order valence-corrected chi connectivity index (χ0v) is 15.1. The minimum absolute atomic E-state index is 0.0133. The van der Waals surface area contributed by atoms with Gasteiger partial charge in [0.05, 0.1) is 4.92 Å². The van der Waals surface area contributed by atoms with Gasteiger partial charge in [-0.05, 0) is 41.5 Å². The van der Waals surface area contributed by atoms with Gasteiger partial charge in [-0.1, -0.05) is 41.9 Å². The maximum Gasteiger partial charge on any atom is 0.395 e. The average Bonchev–Trinajstić information content (AvgIpc) is 2.65. The Morgan fingerprint density at radius 1 is 1.21 bits per heavy atom. The molecule has 0 spiro atoms. The number of nitrogens with one attached hydrogen (secondary N) is 1. The van der Waals surface area contributed by atoms with E-state index in [1.807, 2.05) is 12.1 Å². The fourth-order valence-electron chi connectivity index (χ4n) is 2.35. The van der Waals surface area contributed by atoms with Crippen molar-refractivity contribution in [3.8, 4) is 11.6 Å². The molecule has 1 aromatic heterocycles. The SMILES string of the molecule is O=c1[nH]c(/C=C\c2cccc(OCc3ccc(Cl)cc3)c2)nc(O)c1[N+](=O)[O-]. The predicted molar refractivity (Wildman–Crippen MR) is 104 cm³/mol. The van der Waals surface area contributed by atoms with Crippen molar-refractivity contribution < 1.29 is 14.8 Å². The van der Waals surface area contributed by atoms with E-state index >= 15 is 0 Å². The van der Waals surface area contributed by atoms with Gasteiger partial charge in [-0.25, -0.2) is 0 Å². The standard InChI is InChI=1S/C19H14ClN3O5/c20-14-7-4-13(5-8-14)11-28-15-3-1-2-12(10-15)6-9-16-21-18(24)17(23(26)27)19(25)22-16/h1-10H,11H2,(H2,21,22,24,25)/b9-6-. The molecule has 142 valence electrons. The summed E-state index contributed by atoms with van der Waals surface area (Å²) in [6, 6.07) is 14.5. The number of benzene rings is 2. The highest BCUT2D eigenvalue weighted by Gasteiger charge is 2.21. The van der Waals surface area contributed by atoms with Crippen LogP contribution in [0.4, 0.5) is 5.69 Å². The third-order valence-electron chi connectivity index (χ3n) is 3.69. The summed E-state index contributed by atoms with van der Waals surface area (Å²) in [5.74, 6) is -0.320. The number of hydrogen-bond acceptors (Lipinski definition) is 6. The van der Waals surface area contributed by atoms with Crippen LogP contribution in [0.2, 0.25) is 5.02 Å². The summed E-state index contributed by atoms with van der Waals surface area (Å²) in [5.41, 5.74) is -0.311. The number of halogens is 1. The van der Waals surface area contributed by atoms with Gasteiger partial charge in [-0.3, -0.25) is 14.9 Å². The number of nitrogens with zero attached hydrogens (tertiary/aromatic N) is 2. The minimum Gasteiger partial charge on any atom is -0.489 e. The summed E-state index contributed by atoms with van der Waals surface area (Å²) in [6.45, 7) is 0.370. The molecule has 8 nitrogen and oxygen atoms in total. The normalized spacial score (nSPS) is 10.9. The highest BCUT2D eigenvalue weighted by molar-refractivity contribution is 6.30. The zero-order chi connectivity index (χ0) is 20.1. The Labute approximate surface area is 163 Å². The molecular formula is C19H14ClN3O5. The number of aromatic nitrogens is 2. The maximum atomic E-state index is 11.6. The predicted octanol–water partition coefficient (Wildman–Crippen LogP) is 3.79. The second-order valence-corrected chi connectivity index (χ2v) is 6.14. The van der Waals surface area contributed by atoms with Gasteiger partial charge >= 0.3 is 11.2 Å². The fourth-order valence-corrected chi connectivity index (χ4v) is 2.47. The molecule has 9 heteroatoms. The van der Waals surface area contributed by atoms with Crippen LogP contribution in [0.1, 0.15) is 17.0 Å². The molecular weight excluding hydrogens is 386 g/mol. The van der Waals surface area contributed by atoms with Crippen LogP contribution in [0.5, 0.6) is 11.6 Å². The Morgan fingerprint density at radius 2 is 1.96 bits per heavy atom. The first-order chi connectivity index (χ1) is 13.4. The van der Waals surface area contributed by atoms with E-state index in [2.05, 4.69) is 9.97 Å². The second-order valence-electron chi connectivity index (χ2n) is 5.70. The molecule has 0 amide bonds. The first-order valence-corrected chi connectivity index (χ1v) is 8.43. The van der Waals surface area contributed by atoms with Crippen molar-refractivity contribution in [3.63, 3.8) is 0 Å². The van der Waals surface area contributed by atoms with Crippen molar-refractivity contribution in [3.05, 3.63) is 91.0 Å². The number of rotatable bonds is 6. The Kier molecular flexibility index (Phi) is 5.71. The quantitative estimate of drug-likeness (QED) is 0.481. The summed E-state index contributed by atoms with van der Waals surface area (Å²) in [5, 5.41) is 20.9. The third kappa shape index (κ3) is 4.74. The molecule has 3 aromatic rings. The lowest BCUT2D eigenvalue weighted by Crippen LogP contribution is -2.14. The molecule has 2 N–H and O–H groups in total. The van der Waals surface area contributed by atoms with Gasteiger partial charge in [0.15, 0.2) is 0 Å². The van der Waals surface area contributed by atoms with E-state index in [0.717, 1.165) is 11.1 Å². The van der Waals surface area contributed by atoms with Gasteiger partial charge in [0.2, 0.25) is 0 Å². The smallest absolute Gasteiger partial charge is 0.395 e. The van der Waals surface area contributed by atoms with Gasteiger partial charge in [-0.2, -0.15) is 4.98 Å². The maximum absolute atomic E-state index is 11.6. The van der Waals surface area contributed by atoms with Crippen LogP contribution in [0.25, 0.3) is 12.2 Å². The van der Waals surface area contributed by atoms with Gasteiger partial charge in [0, 0.05) is 5.02 Å². The lowest BCUT2D eigenvalue weighted by molar-refractivity contribution is -0.387. The van der Waals surface area contributed by atoms with Crippen LogP contribution >= 0.6 is 11.6 Å². The molecule has 0 bridgehead atoms. The van der Waals surface area contributed by atoms with Crippen LogP contribution in [0, 0.1) is 10.1 Å². The number of nitro groups is 1. The molecule has 0 fully saturated rings. The van der Waals surface area contributed by atoms with Crippen molar-refractivity contribution in [2.45, 2.75) is 6.61 Å². The molecule has 0 saturated carbocycles. The summed E-state index contributed by atoms with van der Waals surface area (Å²) >= 11 is 5.85. The van der Waals surface area contributed by atoms with Gasteiger partial charge < -0.3 is 14.8 Å². The highest BCUT2D eigenvalue weighted by atomic mass is 35.5. The number of hydrogen-bond donors (Lipinski definition) is 2. The highest BCUT2D eigenvalue weighted by Crippen LogP contribution is 2.19. The second kappa shape index (κ2) is 8.36. The zero-order valence-electron chi connectivity index (χ0n) is 14.3. The molecule has 0 unspecified atom stereocenters. The first kappa shape index (κ1) is 19.1. The molecule has 0 radical (unpaired) electrons. The molecule has 3 rings (SSSR count). The Balaban J connectivity index is 1.73. The van der Waals surface area contributed by atoms with E-state index in [0.29, 0.717) is 17.4 Å². The van der Waals surface area contributed by atoms with E-state index in [-0.39, 0.29) is 5.82 Å². The first-order valence-electron chi connectivity index (χ1n) is 8.05. The summed E-state index contributed by atoms with van der Waals surface area (Å²) < 4.78 is 5.74. The molecule has 1 heterocycles. The molecule has 0 aliphatic rings. The van der Waals surface area contributed by atoms with Crippen molar-refractivity contribution in [1.29, 1.82) is 0 Å². The molecule has 28 heavy (non-hydrogen) atoms. The van der Waals surface area contributed by atoms with Crippen LogP contribution in [0.15, 0.2) is 53.3 Å². The van der Waals surface area contributed by atoms with Gasteiger partial charge in [0.25, 0.3) is 5.88 Å². The molecule has 0 aliphatic carbocycles. The summed E-state index contributed by atoms with van der Waals surface area (Å²) in [6.07, 6.45) is 3.04. The van der Waals surface area contributed by atoms with Crippen molar-refractivity contribution in [1.82, 2.24) is 9.97 Å². The topological polar surface area (TPSA) is 118 Å². The van der Waals surface area contributed by atoms with Crippen LogP contribution in [-0.2, 0) is 6.61 Å². The Bertz CT molecular complexity index is 1090. The summed E-state index contributed by atoms with van der Waals surface area (Å²) in [4.78, 5) is 27.2. The number of aromatic hydroxyl groups is 1. The number of aromatic amines is 1. The van der Waals surface area contributed by atoms with E-state index < -0.39 is 22.0 Å². The van der Waals surface area contributed by atoms with Crippen LogP contribution < -0.4 is 10.3 Å². The average molecular weight is 400 g/mol. The van der Waals surface area contributed by atoms with E-state index in [4.69, 9.17) is 16.3 Å². The Hall–Kier alpha value is -3.65.